The Bertz CT molecular complexity index is 466. The molecule has 5 nitrogen and oxygen atoms in total. The van der Waals surface area contributed by atoms with Gasteiger partial charge >= 0.3 is 0 Å². The van der Waals surface area contributed by atoms with Gasteiger partial charge in [0.2, 0.25) is 0 Å². The van der Waals surface area contributed by atoms with Gasteiger partial charge in [0.05, 0.1) is 4.92 Å². The Morgan fingerprint density at radius 2 is 2.00 bits per heavy atom. The standard InChI is InChI=1S/C14H21N3O2/c1-10-8-13(14(17(18)19)9-11(10)2)16-12-4-3-6-15-7-5-12/h8-9,12,15-16H,3-7H2,1-2H3. The Morgan fingerprint density at radius 3 is 2.74 bits per heavy atom. The minimum Gasteiger partial charge on any atom is -0.377 e. The van der Waals surface area contributed by atoms with Gasteiger partial charge in [-0.2, -0.15) is 0 Å². The number of nitro benzene ring substituents is 1. The van der Waals surface area contributed by atoms with Crippen LogP contribution in [0.5, 0.6) is 0 Å². The second-order valence-electron chi connectivity index (χ2n) is 5.23. The van der Waals surface area contributed by atoms with Crippen LogP contribution in [0, 0.1) is 24.0 Å². The molecule has 2 N–H and O–H groups in total. The summed E-state index contributed by atoms with van der Waals surface area (Å²) in [5.41, 5.74) is 2.87. The summed E-state index contributed by atoms with van der Waals surface area (Å²) in [6, 6.07) is 3.87. The molecule has 0 amide bonds. The van der Waals surface area contributed by atoms with Gasteiger partial charge in [-0.05, 0) is 63.4 Å². The molecule has 0 radical (unpaired) electrons. The molecule has 0 saturated carbocycles. The lowest BCUT2D eigenvalue weighted by molar-refractivity contribution is -0.384. The van der Waals surface area contributed by atoms with E-state index in [0.717, 1.165) is 43.5 Å². The maximum Gasteiger partial charge on any atom is 0.292 e. The van der Waals surface area contributed by atoms with E-state index >= 15 is 0 Å². The van der Waals surface area contributed by atoms with E-state index in [1.807, 2.05) is 19.9 Å². The molecular formula is C14H21N3O2. The predicted octanol–water partition coefficient (Wildman–Crippen LogP) is 2.77. The summed E-state index contributed by atoms with van der Waals surface area (Å²) >= 11 is 0. The number of hydrogen-bond donors (Lipinski definition) is 2. The third-order valence-corrected chi connectivity index (χ3v) is 3.74. The molecule has 1 heterocycles. The number of benzene rings is 1. The molecule has 1 aliphatic rings. The molecule has 5 heteroatoms. The maximum atomic E-state index is 11.1. The van der Waals surface area contributed by atoms with Crippen molar-refractivity contribution in [2.24, 2.45) is 0 Å². The zero-order valence-corrected chi connectivity index (χ0v) is 11.5. The van der Waals surface area contributed by atoms with Crippen molar-refractivity contribution in [1.29, 1.82) is 0 Å². The Kier molecular flexibility index (Phi) is 4.37. The summed E-state index contributed by atoms with van der Waals surface area (Å²) in [6.07, 6.45) is 3.16. The molecule has 19 heavy (non-hydrogen) atoms. The van der Waals surface area contributed by atoms with E-state index in [4.69, 9.17) is 0 Å². The topological polar surface area (TPSA) is 67.2 Å². The number of aryl methyl sites for hydroxylation is 2. The third-order valence-electron chi connectivity index (χ3n) is 3.74. The van der Waals surface area contributed by atoms with Crippen molar-refractivity contribution in [3.8, 4) is 0 Å². The summed E-state index contributed by atoms with van der Waals surface area (Å²) < 4.78 is 0. The Labute approximate surface area is 113 Å². The second kappa shape index (κ2) is 6.02. The van der Waals surface area contributed by atoms with Gasteiger partial charge in [-0.1, -0.05) is 0 Å². The van der Waals surface area contributed by atoms with Crippen LogP contribution in [0.3, 0.4) is 0 Å². The molecular weight excluding hydrogens is 242 g/mol. The van der Waals surface area contributed by atoms with Gasteiger partial charge in [0, 0.05) is 12.1 Å². The lowest BCUT2D eigenvalue weighted by Crippen LogP contribution is -2.22. The smallest absolute Gasteiger partial charge is 0.292 e. The van der Waals surface area contributed by atoms with E-state index in [0.29, 0.717) is 11.7 Å². The van der Waals surface area contributed by atoms with Crippen LogP contribution >= 0.6 is 0 Å². The molecule has 0 spiro atoms. The van der Waals surface area contributed by atoms with Crippen LogP contribution in [0.1, 0.15) is 30.4 Å². The second-order valence-corrected chi connectivity index (χ2v) is 5.23. The van der Waals surface area contributed by atoms with Gasteiger partial charge in [0.15, 0.2) is 0 Å². The fraction of sp³-hybridized carbons (Fsp3) is 0.571. The van der Waals surface area contributed by atoms with E-state index in [-0.39, 0.29) is 10.6 Å². The van der Waals surface area contributed by atoms with E-state index in [1.165, 1.54) is 0 Å². The molecule has 2 rings (SSSR count). The highest BCUT2D eigenvalue weighted by atomic mass is 16.6. The average Bonchev–Trinajstić information content (AvgIpc) is 2.62. The fourth-order valence-corrected chi connectivity index (χ4v) is 2.45. The van der Waals surface area contributed by atoms with Crippen LogP contribution < -0.4 is 10.6 Å². The molecule has 1 saturated heterocycles. The van der Waals surface area contributed by atoms with Gasteiger partial charge in [0.25, 0.3) is 5.69 Å². The Morgan fingerprint density at radius 1 is 1.26 bits per heavy atom. The molecule has 1 atom stereocenters. The molecule has 1 fully saturated rings. The van der Waals surface area contributed by atoms with Gasteiger partial charge < -0.3 is 10.6 Å². The van der Waals surface area contributed by atoms with Crippen molar-refractivity contribution >= 4 is 11.4 Å². The molecule has 0 aromatic heterocycles. The van der Waals surface area contributed by atoms with Crippen LogP contribution in [0.2, 0.25) is 0 Å². The summed E-state index contributed by atoms with van der Waals surface area (Å²) in [4.78, 5) is 10.8. The van der Waals surface area contributed by atoms with Gasteiger partial charge in [-0.3, -0.25) is 10.1 Å². The minimum atomic E-state index is -0.302. The summed E-state index contributed by atoms with van der Waals surface area (Å²) in [5.74, 6) is 0. The zero-order chi connectivity index (χ0) is 13.8. The molecule has 1 aliphatic heterocycles. The van der Waals surface area contributed by atoms with E-state index in [2.05, 4.69) is 10.6 Å². The molecule has 0 bridgehead atoms. The highest BCUT2D eigenvalue weighted by Crippen LogP contribution is 2.29. The number of nitrogens with one attached hydrogen (secondary N) is 2. The highest BCUT2D eigenvalue weighted by Gasteiger charge is 2.19. The molecule has 1 unspecified atom stereocenters. The lowest BCUT2D eigenvalue weighted by atomic mass is 10.1. The highest BCUT2D eigenvalue weighted by molar-refractivity contribution is 5.64. The maximum absolute atomic E-state index is 11.1. The van der Waals surface area contributed by atoms with Crippen molar-refractivity contribution in [1.82, 2.24) is 5.32 Å². The number of rotatable bonds is 3. The van der Waals surface area contributed by atoms with Crippen LogP contribution in [0.25, 0.3) is 0 Å². The van der Waals surface area contributed by atoms with Crippen molar-refractivity contribution in [2.75, 3.05) is 18.4 Å². The van der Waals surface area contributed by atoms with Gasteiger partial charge in [0.1, 0.15) is 5.69 Å². The first-order valence-electron chi connectivity index (χ1n) is 6.81. The monoisotopic (exact) mass is 263 g/mol. The average molecular weight is 263 g/mol. The third kappa shape index (κ3) is 3.44. The van der Waals surface area contributed by atoms with Crippen LogP contribution in [0.15, 0.2) is 12.1 Å². The quantitative estimate of drug-likeness (QED) is 0.650. The lowest BCUT2D eigenvalue weighted by Gasteiger charge is -2.18. The van der Waals surface area contributed by atoms with Crippen LogP contribution in [-0.2, 0) is 0 Å². The summed E-state index contributed by atoms with van der Waals surface area (Å²) in [5, 5.41) is 17.9. The summed E-state index contributed by atoms with van der Waals surface area (Å²) in [6.45, 7) is 5.89. The van der Waals surface area contributed by atoms with Crippen LogP contribution in [0.4, 0.5) is 11.4 Å². The summed E-state index contributed by atoms with van der Waals surface area (Å²) in [7, 11) is 0. The first kappa shape index (κ1) is 13.8. The molecule has 104 valence electrons. The van der Waals surface area contributed by atoms with Crippen LogP contribution in [-0.4, -0.2) is 24.1 Å². The van der Waals surface area contributed by atoms with Gasteiger partial charge in [-0.25, -0.2) is 0 Å². The molecule has 0 aliphatic carbocycles. The predicted molar refractivity (Wildman–Crippen MR) is 76.7 cm³/mol. The Balaban J connectivity index is 2.22. The SMILES string of the molecule is Cc1cc(NC2CCCNCC2)c([N+](=O)[O-])cc1C. The first-order chi connectivity index (χ1) is 9.08. The van der Waals surface area contributed by atoms with Crippen molar-refractivity contribution in [3.63, 3.8) is 0 Å². The van der Waals surface area contributed by atoms with Crippen molar-refractivity contribution < 1.29 is 4.92 Å². The Hall–Kier alpha value is -1.62. The number of nitro groups is 1. The molecule has 1 aromatic rings. The fourth-order valence-electron chi connectivity index (χ4n) is 2.45. The van der Waals surface area contributed by atoms with E-state index < -0.39 is 0 Å². The minimum absolute atomic E-state index is 0.181. The number of nitrogens with zero attached hydrogens (tertiary/aromatic N) is 1. The van der Waals surface area contributed by atoms with Crippen molar-refractivity contribution in [2.45, 2.75) is 39.2 Å². The van der Waals surface area contributed by atoms with Crippen molar-refractivity contribution in [3.05, 3.63) is 33.4 Å². The molecule has 1 aromatic carbocycles. The number of hydrogen-bond acceptors (Lipinski definition) is 4. The normalized spacial score (nSPS) is 19.8. The number of anilines is 1. The zero-order valence-electron chi connectivity index (χ0n) is 11.5. The van der Waals surface area contributed by atoms with Gasteiger partial charge in [-0.15, -0.1) is 0 Å². The first-order valence-corrected chi connectivity index (χ1v) is 6.81. The largest absolute Gasteiger partial charge is 0.377 e. The van der Waals surface area contributed by atoms with E-state index in [9.17, 15) is 10.1 Å². The van der Waals surface area contributed by atoms with E-state index in [1.54, 1.807) is 6.07 Å².